The number of aromatic nitrogens is 1. The average molecular weight is 363 g/mol. The molecule has 1 heterocycles. The predicted octanol–water partition coefficient (Wildman–Crippen LogP) is 3.85. The Morgan fingerprint density at radius 2 is 2.12 bits per heavy atom. The molecule has 136 valence electrons. The van der Waals surface area contributed by atoms with Gasteiger partial charge in [-0.3, -0.25) is 4.99 Å². The van der Waals surface area contributed by atoms with E-state index in [0.29, 0.717) is 6.54 Å². The molecule has 1 unspecified atom stereocenters. The second-order valence-corrected chi connectivity index (χ2v) is 6.60. The lowest BCUT2D eigenvalue weighted by Crippen LogP contribution is -2.38. The summed E-state index contributed by atoms with van der Waals surface area (Å²) in [5, 5.41) is 11.5. The highest BCUT2D eigenvalue weighted by Crippen LogP contribution is 2.23. The fraction of sp³-hybridized carbons (Fsp3) is 0.474. The second kappa shape index (κ2) is 9.47. The van der Waals surface area contributed by atoms with Gasteiger partial charge in [-0.15, -0.1) is 0 Å². The first kappa shape index (κ1) is 19.3. The molecule has 5 nitrogen and oxygen atoms in total. The van der Waals surface area contributed by atoms with Crippen LogP contribution in [-0.4, -0.2) is 30.8 Å². The van der Waals surface area contributed by atoms with Crippen molar-refractivity contribution < 1.29 is 4.52 Å². The number of nitrogens with one attached hydrogen (secondary N) is 2. The number of aliphatic imine (C=N–C) groups is 1. The predicted molar refractivity (Wildman–Crippen MR) is 104 cm³/mol. The molecule has 0 radical (unpaired) electrons. The van der Waals surface area contributed by atoms with Crippen LogP contribution in [0.2, 0.25) is 5.02 Å². The van der Waals surface area contributed by atoms with Crippen molar-refractivity contribution in [2.45, 2.75) is 40.0 Å². The Morgan fingerprint density at radius 3 is 2.76 bits per heavy atom. The van der Waals surface area contributed by atoms with E-state index in [2.05, 4.69) is 35.7 Å². The molecule has 1 aromatic carbocycles. The van der Waals surface area contributed by atoms with Crippen LogP contribution in [0.25, 0.3) is 0 Å². The summed E-state index contributed by atoms with van der Waals surface area (Å²) in [5.74, 6) is 1.96. The minimum absolute atomic E-state index is 0.259. The first-order valence-electron chi connectivity index (χ1n) is 8.70. The molecular formula is C19H27ClN4O. The molecule has 25 heavy (non-hydrogen) atoms. The van der Waals surface area contributed by atoms with Crippen LogP contribution in [0.1, 0.15) is 42.3 Å². The Hall–Kier alpha value is -2.01. The van der Waals surface area contributed by atoms with Crippen molar-refractivity contribution in [1.82, 2.24) is 15.8 Å². The Kier molecular flexibility index (Phi) is 7.31. The Balaban J connectivity index is 1.91. The van der Waals surface area contributed by atoms with Gasteiger partial charge in [0, 0.05) is 36.1 Å². The fourth-order valence-corrected chi connectivity index (χ4v) is 3.09. The fourth-order valence-electron chi connectivity index (χ4n) is 2.87. The second-order valence-electron chi connectivity index (χ2n) is 6.17. The highest BCUT2D eigenvalue weighted by atomic mass is 35.5. The topological polar surface area (TPSA) is 62.5 Å². The molecule has 2 rings (SSSR count). The van der Waals surface area contributed by atoms with Gasteiger partial charge in [-0.1, -0.05) is 35.8 Å². The van der Waals surface area contributed by atoms with Crippen LogP contribution in [0.15, 0.2) is 33.8 Å². The quantitative estimate of drug-likeness (QED) is 0.580. The summed E-state index contributed by atoms with van der Waals surface area (Å²) in [6.45, 7) is 10.4. The van der Waals surface area contributed by atoms with Crippen LogP contribution in [0.4, 0.5) is 0 Å². The number of halogens is 1. The van der Waals surface area contributed by atoms with Crippen LogP contribution >= 0.6 is 11.6 Å². The minimum Gasteiger partial charge on any atom is -0.361 e. The van der Waals surface area contributed by atoms with Crippen LogP contribution in [-0.2, 0) is 6.42 Å². The standard InChI is InChI=1S/C19H27ClN4O/c1-5-21-19(22-10-9-16-7-6-8-17(20)11-16)23-12-13(2)18-14(3)24-25-15(18)4/h6-8,11,13H,5,9-10,12H2,1-4H3,(H2,21,22,23). The number of rotatable bonds is 7. The summed E-state index contributed by atoms with van der Waals surface area (Å²) >= 11 is 6.03. The van der Waals surface area contributed by atoms with Gasteiger partial charge in [-0.25, -0.2) is 0 Å². The molecule has 0 amide bonds. The molecule has 1 aromatic heterocycles. The van der Waals surface area contributed by atoms with Crippen molar-refractivity contribution in [3.63, 3.8) is 0 Å². The van der Waals surface area contributed by atoms with Gasteiger partial charge in [0.2, 0.25) is 0 Å². The van der Waals surface area contributed by atoms with Crippen molar-refractivity contribution in [2.24, 2.45) is 4.99 Å². The molecule has 0 spiro atoms. The van der Waals surface area contributed by atoms with Crippen molar-refractivity contribution >= 4 is 17.6 Å². The number of nitrogens with zero attached hydrogens (tertiary/aromatic N) is 2. The molecular weight excluding hydrogens is 336 g/mol. The third-order valence-electron chi connectivity index (χ3n) is 4.04. The smallest absolute Gasteiger partial charge is 0.191 e. The van der Waals surface area contributed by atoms with Gasteiger partial charge >= 0.3 is 0 Å². The molecule has 0 aliphatic rings. The van der Waals surface area contributed by atoms with E-state index >= 15 is 0 Å². The average Bonchev–Trinajstić information content (AvgIpc) is 2.91. The van der Waals surface area contributed by atoms with Gasteiger partial charge < -0.3 is 15.2 Å². The summed E-state index contributed by atoms with van der Waals surface area (Å²) in [6, 6.07) is 7.94. The zero-order chi connectivity index (χ0) is 18.2. The first-order chi connectivity index (χ1) is 12.0. The molecule has 0 saturated heterocycles. The van der Waals surface area contributed by atoms with Gasteiger partial charge in [-0.2, -0.15) is 0 Å². The van der Waals surface area contributed by atoms with Crippen molar-refractivity contribution in [3.05, 3.63) is 51.9 Å². The highest BCUT2D eigenvalue weighted by molar-refractivity contribution is 6.30. The van der Waals surface area contributed by atoms with E-state index in [4.69, 9.17) is 21.1 Å². The van der Waals surface area contributed by atoms with Crippen molar-refractivity contribution in [3.8, 4) is 0 Å². The maximum Gasteiger partial charge on any atom is 0.191 e. The lowest BCUT2D eigenvalue weighted by molar-refractivity contribution is 0.391. The van der Waals surface area contributed by atoms with E-state index in [1.807, 2.05) is 32.0 Å². The Morgan fingerprint density at radius 1 is 1.32 bits per heavy atom. The SMILES string of the molecule is CCNC(=NCC(C)c1c(C)noc1C)NCCc1cccc(Cl)c1. The Bertz CT molecular complexity index is 692. The molecule has 0 bridgehead atoms. The van der Waals surface area contributed by atoms with Gasteiger partial charge in [-0.05, 0) is 44.9 Å². The summed E-state index contributed by atoms with van der Waals surface area (Å²) in [4.78, 5) is 4.70. The first-order valence-corrected chi connectivity index (χ1v) is 9.08. The van der Waals surface area contributed by atoms with Crippen LogP contribution in [0.5, 0.6) is 0 Å². The largest absolute Gasteiger partial charge is 0.361 e. The maximum atomic E-state index is 6.03. The van der Waals surface area contributed by atoms with Crippen LogP contribution in [0, 0.1) is 13.8 Å². The highest BCUT2D eigenvalue weighted by Gasteiger charge is 2.16. The molecule has 1 atom stereocenters. The van der Waals surface area contributed by atoms with Gasteiger partial charge in [0.15, 0.2) is 5.96 Å². The molecule has 6 heteroatoms. The van der Waals surface area contributed by atoms with E-state index in [1.165, 1.54) is 5.56 Å². The van der Waals surface area contributed by atoms with Gasteiger partial charge in [0.25, 0.3) is 0 Å². The van der Waals surface area contributed by atoms with Crippen molar-refractivity contribution in [2.75, 3.05) is 19.6 Å². The molecule has 0 saturated carbocycles. The van der Waals surface area contributed by atoms with E-state index < -0.39 is 0 Å². The molecule has 2 N–H and O–H groups in total. The zero-order valence-electron chi connectivity index (χ0n) is 15.4. The van der Waals surface area contributed by atoms with Crippen molar-refractivity contribution in [1.29, 1.82) is 0 Å². The molecule has 0 fully saturated rings. The normalized spacial score (nSPS) is 12.9. The number of hydrogen-bond acceptors (Lipinski definition) is 3. The molecule has 0 aliphatic carbocycles. The van der Waals surface area contributed by atoms with E-state index in [-0.39, 0.29) is 5.92 Å². The third kappa shape index (κ3) is 5.78. The molecule has 2 aromatic rings. The lowest BCUT2D eigenvalue weighted by atomic mass is 10.00. The van der Waals surface area contributed by atoms with Crippen LogP contribution in [0.3, 0.4) is 0 Å². The summed E-state index contributed by atoms with van der Waals surface area (Å²) in [5.41, 5.74) is 3.30. The van der Waals surface area contributed by atoms with E-state index in [0.717, 1.165) is 47.5 Å². The zero-order valence-corrected chi connectivity index (χ0v) is 16.2. The summed E-state index contributed by atoms with van der Waals surface area (Å²) < 4.78 is 5.25. The van der Waals surface area contributed by atoms with Gasteiger partial charge in [0.1, 0.15) is 5.76 Å². The molecule has 0 aliphatic heterocycles. The maximum absolute atomic E-state index is 6.03. The third-order valence-corrected chi connectivity index (χ3v) is 4.28. The van der Waals surface area contributed by atoms with Crippen LogP contribution < -0.4 is 10.6 Å². The number of hydrogen-bond donors (Lipinski definition) is 2. The lowest BCUT2D eigenvalue weighted by Gasteiger charge is -2.13. The number of guanidine groups is 1. The monoisotopic (exact) mass is 362 g/mol. The minimum atomic E-state index is 0.259. The summed E-state index contributed by atoms with van der Waals surface area (Å²) in [6.07, 6.45) is 0.893. The Labute approximate surface area is 154 Å². The number of aryl methyl sites for hydroxylation is 2. The number of benzene rings is 1. The summed E-state index contributed by atoms with van der Waals surface area (Å²) in [7, 11) is 0. The van der Waals surface area contributed by atoms with E-state index in [9.17, 15) is 0 Å². The van der Waals surface area contributed by atoms with Gasteiger partial charge in [0.05, 0.1) is 5.69 Å². The van der Waals surface area contributed by atoms with E-state index in [1.54, 1.807) is 0 Å².